The van der Waals surface area contributed by atoms with Crippen LogP contribution in [0.3, 0.4) is 0 Å². The van der Waals surface area contributed by atoms with Gasteiger partial charge in [0.1, 0.15) is 5.60 Å². The molecule has 0 aromatic carbocycles. The van der Waals surface area contributed by atoms with E-state index in [0.717, 1.165) is 27.0 Å². The van der Waals surface area contributed by atoms with Crippen molar-refractivity contribution in [3.05, 3.63) is 0 Å². The van der Waals surface area contributed by atoms with Gasteiger partial charge in [0.05, 0.1) is 0 Å². The molecular weight excluding hydrogens is 655 g/mol. The summed E-state index contributed by atoms with van der Waals surface area (Å²) in [5, 5.41) is 3.18. The van der Waals surface area contributed by atoms with Crippen molar-refractivity contribution < 1.29 is 9.53 Å². The van der Waals surface area contributed by atoms with E-state index in [0.29, 0.717) is 6.54 Å². The van der Waals surface area contributed by atoms with Gasteiger partial charge in [-0.25, -0.2) is 4.79 Å². The van der Waals surface area contributed by atoms with Crippen LogP contribution in [-0.4, -0.2) is 37.6 Å². The fourth-order valence-corrected chi connectivity index (χ4v) is 8.68. The standard InChI is InChI=1S/C40H77NO2S4/c1-6-8-10-12-14-16-18-20-22-24-26-28-30-32-37(44)46-35-36(34-41-39(42)43-40(3,4)5)47-38(45)33-31-29-27-25-23-21-19-17-15-13-11-9-7-2/h36H,6-35H2,1-5H3,(H,41,42). The van der Waals surface area contributed by atoms with E-state index in [9.17, 15) is 4.79 Å². The molecule has 0 aliphatic carbocycles. The molecule has 0 saturated heterocycles. The number of hydrogen-bond donors (Lipinski definition) is 1. The van der Waals surface area contributed by atoms with Gasteiger partial charge in [0, 0.05) is 25.9 Å². The average molecular weight is 732 g/mol. The van der Waals surface area contributed by atoms with Crippen molar-refractivity contribution in [1.82, 2.24) is 5.32 Å². The van der Waals surface area contributed by atoms with Crippen molar-refractivity contribution >= 4 is 62.4 Å². The summed E-state index contributed by atoms with van der Waals surface area (Å²) >= 11 is 15.1. The molecule has 0 aliphatic heterocycles. The smallest absolute Gasteiger partial charge is 0.407 e. The third-order valence-corrected chi connectivity index (χ3v) is 12.1. The van der Waals surface area contributed by atoms with Crippen LogP contribution in [0.25, 0.3) is 0 Å². The summed E-state index contributed by atoms with van der Waals surface area (Å²) in [5.41, 5.74) is -0.500. The molecule has 0 aromatic rings. The second-order valence-corrected chi connectivity index (χ2v) is 18.7. The number of nitrogens with one attached hydrogen (secondary N) is 1. The number of ether oxygens (including phenoxy) is 1. The molecule has 0 aliphatic rings. The number of alkyl carbamates (subject to hydrolysis) is 1. The predicted octanol–water partition coefficient (Wildman–Crippen LogP) is 15.0. The Kier molecular flexibility index (Phi) is 34.7. The summed E-state index contributed by atoms with van der Waals surface area (Å²) in [5.74, 6) is 0.872. The molecule has 0 bridgehead atoms. The Morgan fingerprint density at radius 1 is 0.574 bits per heavy atom. The van der Waals surface area contributed by atoms with E-state index < -0.39 is 5.60 Å². The van der Waals surface area contributed by atoms with E-state index in [2.05, 4.69) is 19.2 Å². The van der Waals surface area contributed by atoms with E-state index in [1.54, 1.807) is 23.5 Å². The Labute approximate surface area is 313 Å². The van der Waals surface area contributed by atoms with E-state index >= 15 is 0 Å². The predicted molar refractivity (Wildman–Crippen MR) is 224 cm³/mol. The number of amides is 1. The number of thioether (sulfide) groups is 2. The summed E-state index contributed by atoms with van der Waals surface area (Å²) in [4.78, 5) is 12.3. The minimum Gasteiger partial charge on any atom is -0.444 e. The number of hydrogen-bond acceptors (Lipinski definition) is 6. The molecule has 0 fully saturated rings. The minimum absolute atomic E-state index is 0.201. The summed E-state index contributed by atoms with van der Waals surface area (Å²) in [6.45, 7) is 10.8. The van der Waals surface area contributed by atoms with Crippen LogP contribution in [0.2, 0.25) is 0 Å². The highest BCUT2D eigenvalue weighted by Crippen LogP contribution is 2.24. The molecule has 7 heteroatoms. The first-order valence-corrected chi connectivity index (χ1v) is 22.7. The maximum atomic E-state index is 12.3. The second kappa shape index (κ2) is 34.6. The lowest BCUT2D eigenvalue weighted by molar-refractivity contribution is 0.0528. The molecular formula is C40H77NO2S4. The van der Waals surface area contributed by atoms with Gasteiger partial charge in [0.25, 0.3) is 0 Å². The minimum atomic E-state index is -0.500. The average Bonchev–Trinajstić information content (AvgIpc) is 3.02. The first-order valence-electron chi connectivity index (χ1n) is 20.0. The first kappa shape index (κ1) is 47.1. The molecule has 3 nitrogen and oxygen atoms in total. The number of carbonyl (C=O) groups is 1. The Morgan fingerprint density at radius 2 is 0.915 bits per heavy atom. The summed E-state index contributed by atoms with van der Waals surface area (Å²) in [6, 6.07) is 0. The molecule has 1 unspecified atom stereocenters. The molecule has 0 spiro atoms. The van der Waals surface area contributed by atoms with Gasteiger partial charge in [-0.3, -0.25) is 0 Å². The van der Waals surface area contributed by atoms with Gasteiger partial charge in [0.2, 0.25) is 0 Å². The maximum Gasteiger partial charge on any atom is 0.407 e. The van der Waals surface area contributed by atoms with Gasteiger partial charge in [-0.15, -0.1) is 23.5 Å². The van der Waals surface area contributed by atoms with Crippen LogP contribution in [-0.2, 0) is 4.74 Å². The van der Waals surface area contributed by atoms with Crippen molar-refractivity contribution in [2.24, 2.45) is 0 Å². The second-order valence-electron chi connectivity index (χ2n) is 14.7. The SMILES string of the molecule is CCCCCCCCCCCCCCCC(=S)SCC(CNC(=O)OC(C)(C)C)SC(=S)CCCCCCCCCCCCCCC. The zero-order valence-electron chi connectivity index (χ0n) is 31.7. The molecule has 1 amide bonds. The molecule has 0 heterocycles. The van der Waals surface area contributed by atoms with Gasteiger partial charge >= 0.3 is 6.09 Å². The largest absolute Gasteiger partial charge is 0.444 e. The van der Waals surface area contributed by atoms with Crippen LogP contribution >= 0.6 is 48.0 Å². The fourth-order valence-electron chi connectivity index (χ4n) is 5.72. The first-order chi connectivity index (χ1) is 22.7. The molecule has 1 atom stereocenters. The Bertz CT molecular complexity index is 740. The molecule has 0 saturated carbocycles. The van der Waals surface area contributed by atoms with Crippen LogP contribution in [0, 0.1) is 0 Å². The van der Waals surface area contributed by atoms with Crippen LogP contribution < -0.4 is 5.32 Å². The zero-order valence-corrected chi connectivity index (χ0v) is 35.0. The van der Waals surface area contributed by atoms with Crippen LogP contribution in [0.1, 0.15) is 214 Å². The molecule has 47 heavy (non-hydrogen) atoms. The third kappa shape index (κ3) is 37.2. The van der Waals surface area contributed by atoms with Crippen molar-refractivity contribution in [3.8, 4) is 0 Å². The molecule has 278 valence electrons. The highest BCUT2D eigenvalue weighted by atomic mass is 32.2. The third-order valence-electron chi connectivity index (χ3n) is 8.57. The lowest BCUT2D eigenvalue weighted by Gasteiger charge is -2.22. The highest BCUT2D eigenvalue weighted by molar-refractivity contribution is 8.26. The van der Waals surface area contributed by atoms with Gasteiger partial charge in [-0.2, -0.15) is 0 Å². The molecule has 0 rings (SSSR count). The monoisotopic (exact) mass is 731 g/mol. The molecule has 0 aromatic heterocycles. The number of thiocarbonyl (C=S) groups is 2. The Balaban J connectivity index is 4.16. The van der Waals surface area contributed by atoms with Gasteiger partial charge in [-0.05, 0) is 46.5 Å². The molecule has 1 N–H and O–H groups in total. The van der Waals surface area contributed by atoms with Gasteiger partial charge in [-0.1, -0.05) is 192 Å². The zero-order chi connectivity index (χ0) is 34.9. The van der Waals surface area contributed by atoms with Crippen LogP contribution in [0.5, 0.6) is 0 Å². The number of carbonyl (C=O) groups excluding carboxylic acids is 1. The quantitative estimate of drug-likeness (QED) is 0.0535. The number of unbranched alkanes of at least 4 members (excludes halogenated alkanes) is 24. The topological polar surface area (TPSA) is 38.3 Å². The summed E-state index contributed by atoms with van der Waals surface area (Å²) < 4.78 is 7.64. The van der Waals surface area contributed by atoms with E-state index in [1.165, 1.54) is 167 Å². The van der Waals surface area contributed by atoms with E-state index in [-0.39, 0.29) is 11.3 Å². The summed E-state index contributed by atoms with van der Waals surface area (Å²) in [7, 11) is 0. The summed E-state index contributed by atoms with van der Waals surface area (Å²) in [6.07, 6.45) is 37.1. The Hall–Kier alpha value is 0.150. The highest BCUT2D eigenvalue weighted by Gasteiger charge is 2.19. The lowest BCUT2D eigenvalue weighted by atomic mass is 10.0. The van der Waals surface area contributed by atoms with Crippen molar-refractivity contribution in [3.63, 3.8) is 0 Å². The van der Waals surface area contributed by atoms with Crippen molar-refractivity contribution in [2.75, 3.05) is 12.3 Å². The van der Waals surface area contributed by atoms with Crippen molar-refractivity contribution in [1.29, 1.82) is 0 Å². The maximum absolute atomic E-state index is 12.3. The molecule has 0 radical (unpaired) electrons. The normalized spacial score (nSPS) is 12.3. The van der Waals surface area contributed by atoms with Crippen molar-refractivity contribution in [2.45, 2.75) is 225 Å². The Morgan fingerprint density at radius 3 is 1.28 bits per heavy atom. The van der Waals surface area contributed by atoms with E-state index in [4.69, 9.17) is 29.2 Å². The fraction of sp³-hybridized carbons (Fsp3) is 0.925. The van der Waals surface area contributed by atoms with Crippen LogP contribution in [0.4, 0.5) is 4.79 Å². The van der Waals surface area contributed by atoms with Crippen LogP contribution in [0.15, 0.2) is 0 Å². The van der Waals surface area contributed by atoms with Gasteiger partial charge < -0.3 is 10.1 Å². The van der Waals surface area contributed by atoms with Gasteiger partial charge in [0.15, 0.2) is 0 Å². The lowest BCUT2D eigenvalue weighted by Crippen LogP contribution is -2.37. The van der Waals surface area contributed by atoms with E-state index in [1.807, 2.05) is 20.8 Å². The number of rotatable bonds is 33.